The summed E-state index contributed by atoms with van der Waals surface area (Å²) >= 11 is 1.68. The van der Waals surface area contributed by atoms with Gasteiger partial charge in [-0.2, -0.15) is 0 Å². The van der Waals surface area contributed by atoms with Gasteiger partial charge in [0.05, 0.1) is 10.7 Å². The average molecular weight is 337 g/mol. The minimum absolute atomic E-state index is 0.230. The van der Waals surface area contributed by atoms with Crippen LogP contribution < -0.4 is 5.32 Å². The van der Waals surface area contributed by atoms with Gasteiger partial charge in [-0.05, 0) is 41.0 Å². The molecule has 1 aromatic heterocycles. The molecule has 0 radical (unpaired) electrons. The molecule has 1 aliphatic heterocycles. The fourth-order valence-corrected chi connectivity index (χ4v) is 3.04. The van der Waals surface area contributed by atoms with E-state index in [0.717, 1.165) is 23.7 Å². The van der Waals surface area contributed by atoms with Gasteiger partial charge in [0.25, 0.3) is 0 Å². The summed E-state index contributed by atoms with van der Waals surface area (Å²) in [5.74, 6) is 0. The number of carbonyl (C=O) groups excluding carboxylic acids is 1. The van der Waals surface area contributed by atoms with Crippen molar-refractivity contribution >= 4 is 17.4 Å². The summed E-state index contributed by atoms with van der Waals surface area (Å²) in [4.78, 5) is 18.3. The van der Waals surface area contributed by atoms with Crippen molar-refractivity contribution < 1.29 is 9.53 Å². The molecule has 23 heavy (non-hydrogen) atoms. The standard InChI is InChI=1S/C17H27N3O2S/c1-12(15-11-23-13(2)19-15)18-10-14-6-8-20(9-7-14)16(21)22-17(3,4)5/h6,11-12,18H,7-10H2,1-5H3. The van der Waals surface area contributed by atoms with Gasteiger partial charge >= 0.3 is 6.09 Å². The molecule has 1 aliphatic rings. The zero-order valence-electron chi connectivity index (χ0n) is 14.7. The number of nitrogens with one attached hydrogen (secondary N) is 1. The second kappa shape index (κ2) is 7.45. The molecule has 0 saturated heterocycles. The molecule has 128 valence electrons. The molecule has 0 spiro atoms. The van der Waals surface area contributed by atoms with Crippen LogP contribution in [0.15, 0.2) is 17.0 Å². The molecular formula is C17H27N3O2S. The summed E-state index contributed by atoms with van der Waals surface area (Å²) in [5.41, 5.74) is 1.99. The Balaban J connectivity index is 1.79. The van der Waals surface area contributed by atoms with Crippen molar-refractivity contribution in [2.75, 3.05) is 19.6 Å². The molecule has 2 rings (SSSR count). The molecule has 6 heteroatoms. The normalized spacial score (nSPS) is 16.9. The maximum absolute atomic E-state index is 12.0. The van der Waals surface area contributed by atoms with Crippen LogP contribution in [0.2, 0.25) is 0 Å². The highest BCUT2D eigenvalue weighted by Crippen LogP contribution is 2.18. The Morgan fingerprint density at radius 3 is 2.78 bits per heavy atom. The van der Waals surface area contributed by atoms with E-state index >= 15 is 0 Å². The third-order valence-electron chi connectivity index (χ3n) is 3.67. The van der Waals surface area contributed by atoms with Crippen LogP contribution in [-0.4, -0.2) is 41.2 Å². The third kappa shape index (κ3) is 5.62. The Kier molecular flexibility index (Phi) is 5.81. The first-order valence-corrected chi connectivity index (χ1v) is 8.94. The first-order valence-electron chi connectivity index (χ1n) is 8.06. The van der Waals surface area contributed by atoms with E-state index in [1.807, 2.05) is 27.7 Å². The van der Waals surface area contributed by atoms with Crippen molar-refractivity contribution in [3.8, 4) is 0 Å². The number of aromatic nitrogens is 1. The number of ether oxygens (including phenoxy) is 1. The van der Waals surface area contributed by atoms with Gasteiger partial charge in [0.2, 0.25) is 0 Å². The summed E-state index contributed by atoms with van der Waals surface area (Å²) in [7, 11) is 0. The van der Waals surface area contributed by atoms with Gasteiger partial charge in [-0.15, -0.1) is 11.3 Å². The van der Waals surface area contributed by atoms with Crippen LogP contribution in [0.25, 0.3) is 0 Å². The van der Waals surface area contributed by atoms with Crippen LogP contribution in [0.4, 0.5) is 4.79 Å². The number of carbonyl (C=O) groups is 1. The number of hydrogen-bond donors (Lipinski definition) is 1. The molecule has 0 aromatic carbocycles. The monoisotopic (exact) mass is 337 g/mol. The summed E-state index contributed by atoms with van der Waals surface area (Å²) in [6.45, 7) is 12.0. The van der Waals surface area contributed by atoms with Crippen LogP contribution in [0.3, 0.4) is 0 Å². The molecule has 2 heterocycles. The summed E-state index contributed by atoms with van der Waals surface area (Å²) in [6, 6.07) is 0.240. The van der Waals surface area contributed by atoms with Gasteiger partial charge in [-0.25, -0.2) is 9.78 Å². The summed E-state index contributed by atoms with van der Waals surface area (Å²) in [6.07, 6.45) is 2.78. The van der Waals surface area contributed by atoms with Crippen LogP contribution in [0.1, 0.15) is 50.9 Å². The average Bonchev–Trinajstić information content (AvgIpc) is 2.90. The molecule has 1 unspecified atom stereocenters. The quantitative estimate of drug-likeness (QED) is 0.852. The Morgan fingerprint density at radius 2 is 2.26 bits per heavy atom. The van der Waals surface area contributed by atoms with Crippen molar-refractivity contribution in [1.82, 2.24) is 15.2 Å². The fourth-order valence-electron chi connectivity index (χ4n) is 2.33. The van der Waals surface area contributed by atoms with Crippen LogP contribution in [0.5, 0.6) is 0 Å². The van der Waals surface area contributed by atoms with Crippen molar-refractivity contribution in [2.24, 2.45) is 0 Å². The van der Waals surface area contributed by atoms with Gasteiger partial charge in [0.1, 0.15) is 5.60 Å². The Labute approximate surface area is 142 Å². The molecule has 1 atom stereocenters. The maximum atomic E-state index is 12.0. The van der Waals surface area contributed by atoms with E-state index in [1.54, 1.807) is 16.2 Å². The minimum Gasteiger partial charge on any atom is -0.444 e. The van der Waals surface area contributed by atoms with Gasteiger partial charge in [-0.1, -0.05) is 11.6 Å². The number of hydrogen-bond acceptors (Lipinski definition) is 5. The highest BCUT2D eigenvalue weighted by Gasteiger charge is 2.23. The molecule has 0 aliphatic carbocycles. The van der Waals surface area contributed by atoms with E-state index in [2.05, 4.69) is 28.7 Å². The van der Waals surface area contributed by atoms with Gasteiger partial charge in [0.15, 0.2) is 0 Å². The first-order chi connectivity index (χ1) is 10.7. The Morgan fingerprint density at radius 1 is 1.52 bits per heavy atom. The van der Waals surface area contributed by atoms with Crippen LogP contribution in [0, 0.1) is 6.92 Å². The summed E-state index contributed by atoms with van der Waals surface area (Å²) < 4.78 is 5.41. The number of amides is 1. The molecule has 1 N–H and O–H groups in total. The molecule has 5 nitrogen and oxygen atoms in total. The third-order valence-corrected chi connectivity index (χ3v) is 4.46. The van der Waals surface area contributed by atoms with Gasteiger partial charge in [0, 0.05) is 31.1 Å². The van der Waals surface area contributed by atoms with E-state index < -0.39 is 5.60 Å². The highest BCUT2D eigenvalue weighted by atomic mass is 32.1. The molecule has 0 saturated carbocycles. The van der Waals surface area contributed by atoms with Crippen molar-refractivity contribution in [3.05, 3.63) is 27.7 Å². The molecular weight excluding hydrogens is 310 g/mol. The lowest BCUT2D eigenvalue weighted by atomic mass is 10.1. The van der Waals surface area contributed by atoms with Gasteiger partial charge < -0.3 is 15.0 Å². The number of nitrogens with zero attached hydrogens (tertiary/aromatic N) is 2. The fraction of sp³-hybridized carbons (Fsp3) is 0.647. The van der Waals surface area contributed by atoms with E-state index in [1.165, 1.54) is 5.57 Å². The smallest absolute Gasteiger partial charge is 0.410 e. The molecule has 0 bridgehead atoms. The van der Waals surface area contributed by atoms with Crippen LogP contribution in [-0.2, 0) is 4.74 Å². The van der Waals surface area contributed by atoms with E-state index in [-0.39, 0.29) is 12.1 Å². The van der Waals surface area contributed by atoms with Crippen molar-refractivity contribution in [2.45, 2.75) is 52.7 Å². The zero-order valence-corrected chi connectivity index (χ0v) is 15.5. The second-order valence-corrected chi connectivity index (χ2v) is 7.99. The lowest BCUT2D eigenvalue weighted by Crippen LogP contribution is -2.40. The number of thiazole rings is 1. The molecule has 0 fully saturated rings. The topological polar surface area (TPSA) is 54.5 Å². The largest absolute Gasteiger partial charge is 0.444 e. The highest BCUT2D eigenvalue weighted by molar-refractivity contribution is 7.09. The van der Waals surface area contributed by atoms with Crippen molar-refractivity contribution in [3.63, 3.8) is 0 Å². The number of aryl methyl sites for hydroxylation is 1. The minimum atomic E-state index is -0.441. The predicted octanol–water partition coefficient (Wildman–Crippen LogP) is 3.67. The molecule has 1 aromatic rings. The van der Waals surface area contributed by atoms with E-state index in [9.17, 15) is 4.79 Å². The molecule has 1 amide bonds. The lowest BCUT2D eigenvalue weighted by Gasteiger charge is -2.29. The maximum Gasteiger partial charge on any atom is 0.410 e. The summed E-state index contributed by atoms with van der Waals surface area (Å²) in [5, 5.41) is 6.70. The van der Waals surface area contributed by atoms with E-state index in [4.69, 9.17) is 4.74 Å². The Hall–Kier alpha value is -1.40. The van der Waals surface area contributed by atoms with Crippen LogP contribution >= 0.6 is 11.3 Å². The zero-order chi connectivity index (χ0) is 17.0. The van der Waals surface area contributed by atoms with Crippen molar-refractivity contribution in [1.29, 1.82) is 0 Å². The van der Waals surface area contributed by atoms with E-state index in [0.29, 0.717) is 13.1 Å². The number of rotatable bonds is 4. The first kappa shape index (κ1) is 17.9. The predicted molar refractivity (Wildman–Crippen MR) is 93.8 cm³/mol. The Bertz CT molecular complexity index is 575. The second-order valence-electron chi connectivity index (χ2n) is 6.93. The van der Waals surface area contributed by atoms with Gasteiger partial charge in [-0.3, -0.25) is 0 Å². The lowest BCUT2D eigenvalue weighted by molar-refractivity contribution is 0.0265. The SMILES string of the molecule is Cc1nc(C(C)NCC2=CCN(C(=O)OC(C)(C)C)CC2)cs1.